The van der Waals surface area contributed by atoms with Gasteiger partial charge < -0.3 is 15.2 Å². The standard InChI is InChI=1S/C20H26N2O2/c1-24-18-9-8-13(11-16(18)14-5-2-3-6-14)12-17-15-7-4-10-21-19(15)22-20(17)23/h4,8-10,12,14-16,20,23H,2-3,5-7,11H2,1H3,(H,21,22)/b17-12+. The first kappa shape index (κ1) is 15.7. The molecule has 0 aromatic carbocycles. The first-order valence-electron chi connectivity index (χ1n) is 9.10. The van der Waals surface area contributed by atoms with Gasteiger partial charge in [-0.3, -0.25) is 0 Å². The number of aliphatic imine (C=N–C) groups is 1. The average Bonchev–Trinajstić information content (AvgIpc) is 3.24. The Morgan fingerprint density at radius 1 is 1.29 bits per heavy atom. The average molecular weight is 326 g/mol. The van der Waals surface area contributed by atoms with Gasteiger partial charge in [0.15, 0.2) is 6.23 Å². The molecule has 2 heterocycles. The van der Waals surface area contributed by atoms with E-state index in [1.165, 1.54) is 31.3 Å². The molecule has 4 aliphatic rings. The summed E-state index contributed by atoms with van der Waals surface area (Å²) in [6.45, 7) is 0. The van der Waals surface area contributed by atoms with E-state index in [-0.39, 0.29) is 5.92 Å². The molecular formula is C20H26N2O2. The molecule has 4 nitrogen and oxygen atoms in total. The lowest BCUT2D eigenvalue weighted by atomic mass is 9.80. The number of rotatable bonds is 3. The van der Waals surface area contributed by atoms with E-state index in [2.05, 4.69) is 34.6 Å². The van der Waals surface area contributed by atoms with Crippen molar-refractivity contribution in [3.05, 3.63) is 47.4 Å². The summed E-state index contributed by atoms with van der Waals surface area (Å²) in [5, 5.41) is 13.5. The van der Waals surface area contributed by atoms with Crippen LogP contribution in [-0.4, -0.2) is 24.3 Å². The van der Waals surface area contributed by atoms with Gasteiger partial charge in [-0.05, 0) is 55.0 Å². The van der Waals surface area contributed by atoms with Crippen molar-refractivity contribution in [3.63, 3.8) is 0 Å². The number of aliphatic hydroxyl groups excluding tert-OH is 1. The number of amidine groups is 1. The van der Waals surface area contributed by atoms with Crippen molar-refractivity contribution in [3.8, 4) is 0 Å². The summed E-state index contributed by atoms with van der Waals surface area (Å²) >= 11 is 0. The Morgan fingerprint density at radius 2 is 2.12 bits per heavy atom. The molecule has 0 radical (unpaired) electrons. The van der Waals surface area contributed by atoms with E-state index in [1.807, 2.05) is 6.20 Å². The maximum absolute atomic E-state index is 10.3. The maximum Gasteiger partial charge on any atom is 0.170 e. The lowest BCUT2D eigenvalue weighted by Gasteiger charge is -2.28. The first-order valence-corrected chi connectivity index (χ1v) is 9.10. The summed E-state index contributed by atoms with van der Waals surface area (Å²) < 4.78 is 5.65. The fraction of sp³-hybridized carbons (Fsp3) is 0.550. The Hall–Kier alpha value is -1.81. The molecule has 0 aromatic heterocycles. The van der Waals surface area contributed by atoms with Crippen LogP contribution in [0.4, 0.5) is 0 Å². The van der Waals surface area contributed by atoms with E-state index >= 15 is 0 Å². The fourth-order valence-corrected chi connectivity index (χ4v) is 4.58. The van der Waals surface area contributed by atoms with Crippen LogP contribution in [0.25, 0.3) is 0 Å². The largest absolute Gasteiger partial charge is 0.501 e. The number of hydrogen-bond donors (Lipinski definition) is 2. The minimum atomic E-state index is -0.712. The number of nitrogens with zero attached hydrogens (tertiary/aromatic N) is 1. The molecule has 0 amide bonds. The van der Waals surface area contributed by atoms with E-state index in [4.69, 9.17) is 4.74 Å². The second-order valence-electron chi connectivity index (χ2n) is 7.24. The highest BCUT2D eigenvalue weighted by Gasteiger charge is 2.34. The van der Waals surface area contributed by atoms with Gasteiger partial charge in [0.2, 0.25) is 0 Å². The monoisotopic (exact) mass is 326 g/mol. The van der Waals surface area contributed by atoms with Gasteiger partial charge in [0, 0.05) is 11.8 Å². The molecule has 3 unspecified atom stereocenters. The summed E-state index contributed by atoms with van der Waals surface area (Å²) in [4.78, 5) is 4.36. The Morgan fingerprint density at radius 3 is 2.92 bits per heavy atom. The van der Waals surface area contributed by atoms with Crippen LogP contribution in [-0.2, 0) is 4.74 Å². The number of allylic oxidation sites excluding steroid dienone is 6. The van der Waals surface area contributed by atoms with Crippen LogP contribution in [0.1, 0.15) is 38.5 Å². The minimum absolute atomic E-state index is 0.198. The third kappa shape index (κ3) is 2.84. The molecule has 2 N–H and O–H groups in total. The first-order chi connectivity index (χ1) is 11.8. The molecule has 0 spiro atoms. The summed E-state index contributed by atoms with van der Waals surface area (Å²) in [5.41, 5.74) is 2.31. The maximum atomic E-state index is 10.3. The molecule has 3 atom stereocenters. The van der Waals surface area contributed by atoms with Crippen LogP contribution < -0.4 is 5.32 Å². The zero-order valence-electron chi connectivity index (χ0n) is 14.2. The van der Waals surface area contributed by atoms with Gasteiger partial charge in [0.05, 0.1) is 12.9 Å². The number of methoxy groups -OCH3 is 1. The van der Waals surface area contributed by atoms with Crippen molar-refractivity contribution in [2.75, 3.05) is 7.11 Å². The lowest BCUT2D eigenvalue weighted by molar-refractivity contribution is 0.200. The molecule has 2 aliphatic heterocycles. The Kier molecular flexibility index (Phi) is 4.31. The molecule has 24 heavy (non-hydrogen) atoms. The Balaban J connectivity index is 1.57. The van der Waals surface area contributed by atoms with Crippen molar-refractivity contribution in [1.29, 1.82) is 0 Å². The predicted molar refractivity (Wildman–Crippen MR) is 95.1 cm³/mol. The van der Waals surface area contributed by atoms with Crippen LogP contribution in [0.5, 0.6) is 0 Å². The Bertz CT molecular complexity index is 651. The minimum Gasteiger partial charge on any atom is -0.501 e. The van der Waals surface area contributed by atoms with E-state index in [0.717, 1.165) is 35.9 Å². The lowest BCUT2D eigenvalue weighted by Crippen LogP contribution is -2.27. The molecule has 1 saturated carbocycles. The number of fused-ring (bicyclic) bond motifs is 1. The zero-order valence-corrected chi connectivity index (χ0v) is 14.2. The fourth-order valence-electron chi connectivity index (χ4n) is 4.58. The number of aliphatic hydroxyl groups is 1. The molecule has 2 aliphatic carbocycles. The van der Waals surface area contributed by atoms with E-state index in [9.17, 15) is 5.11 Å². The van der Waals surface area contributed by atoms with E-state index < -0.39 is 6.23 Å². The van der Waals surface area contributed by atoms with E-state index in [0.29, 0.717) is 5.92 Å². The smallest absolute Gasteiger partial charge is 0.170 e. The molecule has 1 fully saturated rings. The number of nitrogens with one attached hydrogen (secondary N) is 1. The molecule has 0 saturated heterocycles. The predicted octanol–water partition coefficient (Wildman–Crippen LogP) is 3.43. The second kappa shape index (κ2) is 6.60. The highest BCUT2D eigenvalue weighted by molar-refractivity contribution is 5.91. The topological polar surface area (TPSA) is 53.9 Å². The Labute approximate surface area is 143 Å². The van der Waals surface area contributed by atoms with E-state index in [1.54, 1.807) is 7.11 Å². The van der Waals surface area contributed by atoms with Gasteiger partial charge in [-0.15, -0.1) is 0 Å². The van der Waals surface area contributed by atoms with Gasteiger partial charge >= 0.3 is 0 Å². The third-order valence-corrected chi connectivity index (χ3v) is 5.85. The molecule has 0 bridgehead atoms. The van der Waals surface area contributed by atoms with Crippen LogP contribution in [0, 0.1) is 17.8 Å². The number of ether oxygens (including phenoxy) is 1. The second-order valence-corrected chi connectivity index (χ2v) is 7.24. The SMILES string of the molecule is COC1=CC=C(/C=C2/C(O)N=C3NC=CCC32)CC1C1CCCC1. The van der Waals surface area contributed by atoms with Gasteiger partial charge in [-0.2, -0.15) is 0 Å². The van der Waals surface area contributed by atoms with Crippen LogP contribution in [0.2, 0.25) is 0 Å². The van der Waals surface area contributed by atoms with Gasteiger partial charge in [-0.25, -0.2) is 4.99 Å². The van der Waals surface area contributed by atoms with Crippen LogP contribution in [0.3, 0.4) is 0 Å². The highest BCUT2D eigenvalue weighted by Crippen LogP contribution is 2.41. The van der Waals surface area contributed by atoms with Gasteiger partial charge in [-0.1, -0.05) is 31.1 Å². The molecule has 4 rings (SSSR count). The molecule has 0 aromatic rings. The van der Waals surface area contributed by atoms with Crippen molar-refractivity contribution < 1.29 is 9.84 Å². The molecule has 4 heteroatoms. The summed E-state index contributed by atoms with van der Waals surface area (Å²) in [5.74, 6) is 3.43. The quantitative estimate of drug-likeness (QED) is 0.835. The summed E-state index contributed by atoms with van der Waals surface area (Å²) in [6.07, 6.45) is 17.0. The van der Waals surface area contributed by atoms with Crippen molar-refractivity contribution in [1.82, 2.24) is 5.32 Å². The van der Waals surface area contributed by atoms with Crippen LogP contribution >= 0.6 is 0 Å². The van der Waals surface area contributed by atoms with Gasteiger partial charge in [0.1, 0.15) is 5.84 Å². The number of hydrogen-bond acceptors (Lipinski definition) is 4. The normalized spacial score (nSPS) is 34.5. The molecular weight excluding hydrogens is 300 g/mol. The molecule has 128 valence electrons. The highest BCUT2D eigenvalue weighted by atomic mass is 16.5. The third-order valence-electron chi connectivity index (χ3n) is 5.85. The summed E-state index contributed by atoms with van der Waals surface area (Å²) in [6, 6.07) is 0. The summed E-state index contributed by atoms with van der Waals surface area (Å²) in [7, 11) is 1.78. The zero-order chi connectivity index (χ0) is 16.5. The van der Waals surface area contributed by atoms with Crippen molar-refractivity contribution >= 4 is 5.84 Å². The van der Waals surface area contributed by atoms with Crippen molar-refractivity contribution in [2.45, 2.75) is 44.8 Å². The van der Waals surface area contributed by atoms with Gasteiger partial charge in [0.25, 0.3) is 0 Å². The van der Waals surface area contributed by atoms with Crippen LogP contribution in [0.15, 0.2) is 52.4 Å². The van der Waals surface area contributed by atoms with Crippen molar-refractivity contribution in [2.24, 2.45) is 22.7 Å².